The number of hydrogen-bond acceptors (Lipinski definition) is 2. The molecule has 3 heteroatoms. The van der Waals surface area contributed by atoms with Gasteiger partial charge in [-0.1, -0.05) is 49.1 Å². The molecule has 0 atom stereocenters. The predicted molar refractivity (Wildman–Crippen MR) is 89.3 cm³/mol. The molecule has 0 aromatic heterocycles. The first-order valence-electron chi connectivity index (χ1n) is 7.80. The second kappa shape index (κ2) is 6.88. The van der Waals surface area contributed by atoms with Gasteiger partial charge in [-0.25, -0.2) is 0 Å². The molecule has 0 aliphatic carbocycles. The molecule has 1 saturated heterocycles. The number of hydrogen-bond donors (Lipinski definition) is 0. The fraction of sp³-hybridized carbons (Fsp3) is 0.647. The maximum Gasteiger partial charge on any atom is 0.0775 e. The van der Waals surface area contributed by atoms with Crippen molar-refractivity contribution in [1.29, 1.82) is 0 Å². The molecule has 1 aromatic carbocycles. The molecular formula is C17H29NOSi. The van der Waals surface area contributed by atoms with E-state index >= 15 is 0 Å². The molecule has 1 heterocycles. The first-order chi connectivity index (χ1) is 9.49. The number of methoxy groups -OCH3 is 1. The summed E-state index contributed by atoms with van der Waals surface area (Å²) >= 11 is 0. The van der Waals surface area contributed by atoms with E-state index in [9.17, 15) is 0 Å². The van der Waals surface area contributed by atoms with Gasteiger partial charge in [0, 0.05) is 20.3 Å². The van der Waals surface area contributed by atoms with Crippen molar-refractivity contribution in [1.82, 2.24) is 4.90 Å². The third-order valence-electron chi connectivity index (χ3n) is 4.34. The summed E-state index contributed by atoms with van der Waals surface area (Å²) in [5, 5.41) is 1.56. The highest BCUT2D eigenvalue weighted by molar-refractivity contribution is 6.88. The van der Waals surface area contributed by atoms with Crippen LogP contribution in [-0.2, 0) is 11.3 Å². The normalized spacial score (nSPS) is 18.4. The number of likely N-dealkylation sites (tertiary alicyclic amines) is 1. The predicted octanol–water partition coefficient (Wildman–Crippen LogP) is 3.09. The van der Waals surface area contributed by atoms with Crippen molar-refractivity contribution in [2.24, 2.45) is 5.92 Å². The van der Waals surface area contributed by atoms with E-state index in [-0.39, 0.29) is 0 Å². The van der Waals surface area contributed by atoms with Crippen molar-refractivity contribution in [2.45, 2.75) is 39.0 Å². The van der Waals surface area contributed by atoms with E-state index in [1.54, 1.807) is 5.19 Å². The quantitative estimate of drug-likeness (QED) is 0.773. The Morgan fingerprint density at radius 1 is 1.10 bits per heavy atom. The standard InChI is InChI=1S/C17H29NOSi/c1-19-14-16-9-11-18(12-10-16)13-15-5-7-17(8-6-15)20(2,3)4/h5-8,16H,9-14H2,1-4H3. The maximum absolute atomic E-state index is 5.27. The van der Waals surface area contributed by atoms with Crippen LogP contribution in [0, 0.1) is 5.92 Å². The van der Waals surface area contributed by atoms with Crippen molar-refractivity contribution in [3.63, 3.8) is 0 Å². The van der Waals surface area contributed by atoms with Crippen LogP contribution < -0.4 is 5.19 Å². The fourth-order valence-electron chi connectivity index (χ4n) is 2.92. The lowest BCUT2D eigenvalue weighted by molar-refractivity contribution is 0.0968. The minimum Gasteiger partial charge on any atom is -0.384 e. The van der Waals surface area contributed by atoms with Crippen molar-refractivity contribution in [3.8, 4) is 0 Å². The molecule has 1 aromatic rings. The zero-order valence-corrected chi connectivity index (χ0v) is 14.5. The van der Waals surface area contributed by atoms with Gasteiger partial charge in [-0.15, -0.1) is 0 Å². The van der Waals surface area contributed by atoms with Gasteiger partial charge in [-0.05, 0) is 37.4 Å². The monoisotopic (exact) mass is 291 g/mol. The van der Waals surface area contributed by atoms with Crippen LogP contribution in [0.2, 0.25) is 19.6 Å². The van der Waals surface area contributed by atoms with E-state index in [0.29, 0.717) is 0 Å². The fourth-order valence-corrected chi connectivity index (χ4v) is 4.08. The van der Waals surface area contributed by atoms with Gasteiger partial charge < -0.3 is 4.74 Å². The van der Waals surface area contributed by atoms with Gasteiger partial charge in [0.15, 0.2) is 0 Å². The van der Waals surface area contributed by atoms with Gasteiger partial charge in [-0.2, -0.15) is 0 Å². The number of nitrogens with zero attached hydrogens (tertiary/aromatic N) is 1. The van der Waals surface area contributed by atoms with Crippen LogP contribution in [0.5, 0.6) is 0 Å². The zero-order chi connectivity index (χ0) is 14.6. The molecule has 1 fully saturated rings. The van der Waals surface area contributed by atoms with E-state index < -0.39 is 8.07 Å². The second-order valence-corrected chi connectivity index (χ2v) is 12.2. The Morgan fingerprint density at radius 2 is 1.70 bits per heavy atom. The summed E-state index contributed by atoms with van der Waals surface area (Å²) in [4.78, 5) is 2.58. The minimum absolute atomic E-state index is 0.769. The Balaban J connectivity index is 1.85. The first-order valence-corrected chi connectivity index (χ1v) is 11.3. The lowest BCUT2D eigenvalue weighted by Crippen LogP contribution is -2.37. The molecule has 112 valence electrons. The van der Waals surface area contributed by atoms with Crippen LogP contribution in [0.25, 0.3) is 0 Å². The molecule has 2 rings (SSSR count). The van der Waals surface area contributed by atoms with Gasteiger partial charge in [0.2, 0.25) is 0 Å². The van der Waals surface area contributed by atoms with Gasteiger partial charge in [-0.3, -0.25) is 4.90 Å². The lowest BCUT2D eigenvalue weighted by atomic mass is 9.97. The summed E-state index contributed by atoms with van der Waals surface area (Å²) < 4.78 is 5.27. The molecule has 1 aliphatic heterocycles. The van der Waals surface area contributed by atoms with Gasteiger partial charge in [0.25, 0.3) is 0 Å². The average molecular weight is 292 g/mol. The van der Waals surface area contributed by atoms with E-state index in [4.69, 9.17) is 4.74 Å². The summed E-state index contributed by atoms with van der Waals surface area (Å²) in [6.45, 7) is 11.7. The van der Waals surface area contributed by atoms with E-state index in [2.05, 4.69) is 48.8 Å². The van der Waals surface area contributed by atoms with Crippen LogP contribution in [0.3, 0.4) is 0 Å². The topological polar surface area (TPSA) is 12.5 Å². The molecule has 0 saturated carbocycles. The van der Waals surface area contributed by atoms with Gasteiger partial charge >= 0.3 is 0 Å². The highest BCUT2D eigenvalue weighted by Crippen LogP contribution is 2.19. The zero-order valence-electron chi connectivity index (χ0n) is 13.5. The Labute approximate surface area is 125 Å². The summed E-state index contributed by atoms with van der Waals surface area (Å²) in [6.07, 6.45) is 2.56. The minimum atomic E-state index is -1.15. The Bertz CT molecular complexity index is 402. The third kappa shape index (κ3) is 4.44. The summed E-state index contributed by atoms with van der Waals surface area (Å²) in [7, 11) is 0.658. The van der Waals surface area contributed by atoms with Crippen molar-refractivity contribution >= 4 is 13.3 Å². The lowest BCUT2D eigenvalue weighted by Gasteiger charge is -2.31. The van der Waals surface area contributed by atoms with Crippen LogP contribution >= 0.6 is 0 Å². The smallest absolute Gasteiger partial charge is 0.0775 e. The number of ether oxygens (including phenoxy) is 1. The maximum atomic E-state index is 5.27. The van der Waals surface area contributed by atoms with Crippen molar-refractivity contribution in [3.05, 3.63) is 29.8 Å². The molecule has 0 amide bonds. The Morgan fingerprint density at radius 3 is 2.20 bits per heavy atom. The molecular weight excluding hydrogens is 262 g/mol. The van der Waals surface area contributed by atoms with E-state index in [0.717, 1.165) is 19.1 Å². The molecule has 0 spiro atoms. The summed E-state index contributed by atoms with van der Waals surface area (Å²) in [6, 6.07) is 9.35. The van der Waals surface area contributed by atoms with E-state index in [1.165, 1.54) is 31.5 Å². The van der Waals surface area contributed by atoms with Crippen LogP contribution in [0.15, 0.2) is 24.3 Å². The molecule has 0 unspecified atom stereocenters. The number of rotatable bonds is 5. The SMILES string of the molecule is COCC1CCN(Cc2ccc([Si](C)(C)C)cc2)CC1. The van der Waals surface area contributed by atoms with Crippen molar-refractivity contribution in [2.75, 3.05) is 26.8 Å². The Hall–Kier alpha value is -0.643. The van der Waals surface area contributed by atoms with Crippen LogP contribution in [0.4, 0.5) is 0 Å². The van der Waals surface area contributed by atoms with Crippen LogP contribution in [-0.4, -0.2) is 39.8 Å². The number of piperidine rings is 1. The van der Waals surface area contributed by atoms with Gasteiger partial charge in [0.1, 0.15) is 0 Å². The molecule has 20 heavy (non-hydrogen) atoms. The molecule has 0 N–H and O–H groups in total. The highest BCUT2D eigenvalue weighted by Gasteiger charge is 2.19. The second-order valence-electron chi connectivity index (χ2n) is 7.12. The average Bonchev–Trinajstić information content (AvgIpc) is 2.41. The Kier molecular flexibility index (Phi) is 5.41. The highest BCUT2D eigenvalue weighted by atomic mass is 28.3. The van der Waals surface area contributed by atoms with Crippen LogP contribution in [0.1, 0.15) is 18.4 Å². The molecule has 2 nitrogen and oxygen atoms in total. The van der Waals surface area contributed by atoms with E-state index in [1.807, 2.05) is 7.11 Å². The summed E-state index contributed by atoms with van der Waals surface area (Å²) in [5.41, 5.74) is 1.46. The molecule has 0 bridgehead atoms. The molecule has 0 radical (unpaired) electrons. The van der Waals surface area contributed by atoms with Gasteiger partial charge in [0.05, 0.1) is 8.07 Å². The third-order valence-corrected chi connectivity index (χ3v) is 6.40. The largest absolute Gasteiger partial charge is 0.384 e. The summed E-state index contributed by atoms with van der Waals surface area (Å²) in [5.74, 6) is 0.769. The first kappa shape index (κ1) is 15.7. The molecule has 1 aliphatic rings. The number of benzene rings is 1. The van der Waals surface area contributed by atoms with Crippen molar-refractivity contribution < 1.29 is 4.74 Å².